The first-order valence-electron chi connectivity index (χ1n) is 5.26. The summed E-state index contributed by atoms with van der Waals surface area (Å²) < 4.78 is 27.8. The molecule has 2 aromatic heterocycles. The fourth-order valence-corrected chi connectivity index (χ4v) is 2.55. The van der Waals surface area contributed by atoms with Crippen molar-refractivity contribution in [2.24, 2.45) is 0 Å². The first-order chi connectivity index (χ1) is 8.94. The third kappa shape index (κ3) is 2.57. The topological polar surface area (TPSA) is 130 Å². The monoisotopic (exact) mass is 285 g/mol. The number of aromatic amines is 1. The minimum atomic E-state index is -4.04. The smallest absolute Gasteiger partial charge is 0.340 e. The van der Waals surface area contributed by atoms with Crippen molar-refractivity contribution in [1.82, 2.24) is 20.0 Å². The third-order valence-corrected chi connectivity index (χ3v) is 3.67. The average molecular weight is 285 g/mol. The maximum atomic E-state index is 12.0. The Labute approximate surface area is 108 Å². The highest BCUT2D eigenvalue weighted by molar-refractivity contribution is 7.92. The first-order valence-corrected chi connectivity index (χ1v) is 6.74. The number of nitrogens with zero attached hydrogens (tertiary/aromatic N) is 3. The molecule has 102 valence electrons. The van der Waals surface area contributed by atoms with Crippen LogP contribution in [0.4, 0.5) is 5.69 Å². The van der Waals surface area contributed by atoms with E-state index in [0.717, 1.165) is 6.20 Å². The number of carbonyl (C=O) groups is 1. The second-order valence-corrected chi connectivity index (χ2v) is 5.23. The van der Waals surface area contributed by atoms with Gasteiger partial charge in [0.05, 0.1) is 18.1 Å². The van der Waals surface area contributed by atoms with E-state index in [1.165, 1.54) is 17.1 Å². The molecule has 9 nitrogen and oxygen atoms in total. The first kappa shape index (κ1) is 13.1. The van der Waals surface area contributed by atoms with Crippen molar-refractivity contribution in [1.29, 1.82) is 0 Å². The lowest BCUT2D eigenvalue weighted by Gasteiger charge is -2.04. The summed E-state index contributed by atoms with van der Waals surface area (Å²) in [5.41, 5.74) is -0.178. The van der Waals surface area contributed by atoms with Gasteiger partial charge in [0.15, 0.2) is 5.03 Å². The molecule has 0 aliphatic carbocycles. The Kier molecular flexibility index (Phi) is 3.25. The Morgan fingerprint density at radius 3 is 2.84 bits per heavy atom. The van der Waals surface area contributed by atoms with Gasteiger partial charge in [-0.05, 0) is 6.92 Å². The highest BCUT2D eigenvalue weighted by atomic mass is 32.2. The van der Waals surface area contributed by atoms with Crippen LogP contribution in [-0.2, 0) is 16.6 Å². The Morgan fingerprint density at radius 1 is 1.53 bits per heavy atom. The molecule has 10 heteroatoms. The van der Waals surface area contributed by atoms with E-state index in [0.29, 0.717) is 6.54 Å². The van der Waals surface area contributed by atoms with Crippen molar-refractivity contribution in [3.63, 3.8) is 0 Å². The van der Waals surface area contributed by atoms with E-state index in [-0.39, 0.29) is 5.69 Å². The number of hydrogen-bond donors (Lipinski definition) is 3. The minimum Gasteiger partial charge on any atom is -0.478 e. The third-order valence-electron chi connectivity index (χ3n) is 2.31. The summed E-state index contributed by atoms with van der Waals surface area (Å²) in [6.07, 6.45) is 3.76. The van der Waals surface area contributed by atoms with Crippen LogP contribution in [0.15, 0.2) is 23.6 Å². The van der Waals surface area contributed by atoms with E-state index >= 15 is 0 Å². The summed E-state index contributed by atoms with van der Waals surface area (Å²) in [6.45, 7) is 2.44. The van der Waals surface area contributed by atoms with Gasteiger partial charge in [-0.1, -0.05) is 0 Å². The molecule has 0 unspecified atom stereocenters. The summed E-state index contributed by atoms with van der Waals surface area (Å²) in [7, 11) is -4.04. The van der Waals surface area contributed by atoms with E-state index < -0.39 is 26.6 Å². The second kappa shape index (κ2) is 4.72. The van der Waals surface area contributed by atoms with Crippen LogP contribution < -0.4 is 4.72 Å². The van der Waals surface area contributed by atoms with Gasteiger partial charge in [0, 0.05) is 12.7 Å². The van der Waals surface area contributed by atoms with Gasteiger partial charge >= 0.3 is 5.97 Å². The zero-order valence-corrected chi connectivity index (χ0v) is 10.7. The Balaban J connectivity index is 2.32. The SMILES string of the molecule is CCn1cc(NS(=O)(=O)c2[nH]ncc2C(=O)O)cn1. The van der Waals surface area contributed by atoms with Crippen molar-refractivity contribution >= 4 is 21.7 Å². The van der Waals surface area contributed by atoms with Crippen molar-refractivity contribution in [3.05, 3.63) is 24.2 Å². The van der Waals surface area contributed by atoms with E-state index in [4.69, 9.17) is 5.11 Å². The molecule has 0 atom stereocenters. The second-order valence-electron chi connectivity index (χ2n) is 3.61. The lowest BCUT2D eigenvalue weighted by molar-refractivity contribution is 0.0692. The van der Waals surface area contributed by atoms with Gasteiger partial charge in [-0.3, -0.25) is 14.5 Å². The number of anilines is 1. The normalized spacial score (nSPS) is 11.4. The molecule has 3 N–H and O–H groups in total. The van der Waals surface area contributed by atoms with Gasteiger partial charge in [0.25, 0.3) is 10.0 Å². The standard InChI is InChI=1S/C9H11N5O4S/c1-2-14-5-6(3-11-14)13-19(17,18)8-7(9(15)16)4-10-12-8/h3-5,13H,2H2,1H3,(H,10,12)(H,15,16). The lowest BCUT2D eigenvalue weighted by Crippen LogP contribution is -2.16. The van der Waals surface area contributed by atoms with Gasteiger partial charge in [-0.25, -0.2) is 4.79 Å². The molecule has 0 saturated carbocycles. The van der Waals surface area contributed by atoms with E-state index in [1.807, 2.05) is 6.92 Å². The Morgan fingerprint density at radius 2 is 2.26 bits per heavy atom. The van der Waals surface area contributed by atoms with Crippen LogP contribution in [0.5, 0.6) is 0 Å². The Bertz CT molecular complexity index is 702. The molecule has 19 heavy (non-hydrogen) atoms. The van der Waals surface area contributed by atoms with Crippen LogP contribution in [0.2, 0.25) is 0 Å². The van der Waals surface area contributed by atoms with Crippen LogP contribution in [0.3, 0.4) is 0 Å². The summed E-state index contributed by atoms with van der Waals surface area (Å²) in [5, 5.41) is 17.9. The number of aromatic nitrogens is 4. The molecule has 0 aromatic carbocycles. The van der Waals surface area contributed by atoms with Gasteiger partial charge in [0.2, 0.25) is 0 Å². The van der Waals surface area contributed by atoms with E-state index in [9.17, 15) is 13.2 Å². The highest BCUT2D eigenvalue weighted by Gasteiger charge is 2.25. The molecule has 0 amide bonds. The van der Waals surface area contributed by atoms with Crippen LogP contribution in [0.1, 0.15) is 17.3 Å². The molecule has 2 rings (SSSR count). The zero-order valence-electron chi connectivity index (χ0n) is 9.86. The molecule has 0 aliphatic rings. The zero-order chi connectivity index (χ0) is 14.0. The van der Waals surface area contributed by atoms with Crippen molar-refractivity contribution in [2.45, 2.75) is 18.5 Å². The molecule has 0 fully saturated rings. The number of carboxylic acids is 1. The highest BCUT2D eigenvalue weighted by Crippen LogP contribution is 2.16. The summed E-state index contributed by atoms with van der Waals surface area (Å²) in [4.78, 5) is 10.9. The van der Waals surface area contributed by atoms with Crippen molar-refractivity contribution in [2.75, 3.05) is 4.72 Å². The fraction of sp³-hybridized carbons (Fsp3) is 0.222. The predicted molar refractivity (Wildman–Crippen MR) is 64.3 cm³/mol. The molecule has 0 radical (unpaired) electrons. The predicted octanol–water partition coefficient (Wildman–Crippen LogP) is 0.125. The number of H-pyrrole nitrogens is 1. The van der Waals surface area contributed by atoms with Gasteiger partial charge in [0.1, 0.15) is 5.56 Å². The van der Waals surface area contributed by atoms with Gasteiger partial charge in [-0.2, -0.15) is 18.6 Å². The van der Waals surface area contributed by atoms with Crippen molar-refractivity contribution in [3.8, 4) is 0 Å². The molecule has 0 saturated heterocycles. The largest absolute Gasteiger partial charge is 0.478 e. The number of aromatic carboxylic acids is 1. The molecule has 2 heterocycles. The molecule has 2 aromatic rings. The maximum absolute atomic E-state index is 12.0. The number of aryl methyl sites for hydroxylation is 1. The van der Waals surface area contributed by atoms with Crippen LogP contribution >= 0.6 is 0 Å². The van der Waals surface area contributed by atoms with Gasteiger partial charge in [-0.15, -0.1) is 0 Å². The minimum absolute atomic E-state index is 0.243. The summed E-state index contributed by atoms with van der Waals surface area (Å²) in [6, 6.07) is 0. The lowest BCUT2D eigenvalue weighted by atomic mass is 10.4. The number of nitrogens with one attached hydrogen (secondary N) is 2. The summed E-state index contributed by atoms with van der Waals surface area (Å²) >= 11 is 0. The maximum Gasteiger partial charge on any atom is 0.340 e. The Hall–Kier alpha value is -2.36. The molecule has 0 bridgehead atoms. The average Bonchev–Trinajstić information content (AvgIpc) is 2.95. The fourth-order valence-electron chi connectivity index (χ4n) is 1.43. The van der Waals surface area contributed by atoms with E-state index in [2.05, 4.69) is 20.0 Å². The number of rotatable bonds is 5. The number of carboxylic acid groups (broad SMARTS) is 1. The van der Waals surface area contributed by atoms with Crippen LogP contribution in [0.25, 0.3) is 0 Å². The molecular weight excluding hydrogens is 274 g/mol. The molecular formula is C9H11N5O4S. The van der Waals surface area contributed by atoms with Crippen molar-refractivity contribution < 1.29 is 18.3 Å². The number of sulfonamides is 1. The summed E-state index contributed by atoms with van der Waals surface area (Å²) in [5.74, 6) is -1.38. The van der Waals surface area contributed by atoms with E-state index in [1.54, 1.807) is 0 Å². The molecule has 0 aliphatic heterocycles. The van der Waals surface area contributed by atoms with Crippen LogP contribution in [-0.4, -0.2) is 39.5 Å². The van der Waals surface area contributed by atoms with Crippen LogP contribution in [0, 0.1) is 0 Å². The number of hydrogen-bond acceptors (Lipinski definition) is 5. The van der Waals surface area contributed by atoms with Gasteiger partial charge < -0.3 is 5.11 Å². The quantitative estimate of drug-likeness (QED) is 0.715. The molecule has 0 spiro atoms.